The van der Waals surface area contributed by atoms with Crippen LogP contribution in [0.5, 0.6) is 0 Å². The van der Waals surface area contributed by atoms with Crippen LogP contribution >= 0.6 is 0 Å². The molecule has 3 rings (SSSR count). The van der Waals surface area contributed by atoms with Crippen LogP contribution in [0.3, 0.4) is 0 Å². The summed E-state index contributed by atoms with van der Waals surface area (Å²) in [6.07, 6.45) is 0. The third-order valence-electron chi connectivity index (χ3n) is 3.61. The van der Waals surface area contributed by atoms with Crippen molar-refractivity contribution in [2.45, 2.75) is 13.5 Å². The van der Waals surface area contributed by atoms with E-state index in [-0.39, 0.29) is 11.1 Å². The molecule has 0 aliphatic rings. The Morgan fingerprint density at radius 2 is 1.88 bits per heavy atom. The predicted molar refractivity (Wildman–Crippen MR) is 91.6 cm³/mol. The molecule has 3 aromatic rings. The second kappa shape index (κ2) is 6.54. The van der Waals surface area contributed by atoms with Crippen LogP contribution in [-0.2, 0) is 6.54 Å². The van der Waals surface area contributed by atoms with Gasteiger partial charge in [-0.3, -0.25) is 4.79 Å². The van der Waals surface area contributed by atoms with Crippen LogP contribution in [0.2, 0.25) is 0 Å². The summed E-state index contributed by atoms with van der Waals surface area (Å²) in [4.78, 5) is 25.6. The van der Waals surface area contributed by atoms with Crippen molar-refractivity contribution >= 4 is 22.6 Å². The minimum Gasteiger partial charge on any atom is -0.334 e. The van der Waals surface area contributed by atoms with E-state index in [2.05, 4.69) is 15.6 Å². The lowest BCUT2D eigenvalue weighted by molar-refractivity contribution is 0.251. The maximum absolute atomic E-state index is 14.0. The summed E-state index contributed by atoms with van der Waals surface area (Å²) in [6.45, 7) is 2.36. The zero-order valence-corrected chi connectivity index (χ0v) is 13.0. The zero-order chi connectivity index (χ0) is 17.1. The van der Waals surface area contributed by atoms with Crippen LogP contribution < -0.4 is 16.2 Å². The van der Waals surface area contributed by atoms with Gasteiger partial charge < -0.3 is 15.6 Å². The first kappa shape index (κ1) is 15.7. The Morgan fingerprint density at radius 3 is 2.62 bits per heavy atom. The number of aromatic nitrogens is 1. The molecule has 2 aromatic carbocycles. The number of hydrogen-bond acceptors (Lipinski definition) is 2. The highest BCUT2D eigenvalue weighted by molar-refractivity contribution is 5.92. The minimum atomic E-state index is -0.598. The Morgan fingerprint density at radius 1 is 1.12 bits per heavy atom. The van der Waals surface area contributed by atoms with Crippen LogP contribution in [0.4, 0.5) is 14.9 Å². The summed E-state index contributed by atoms with van der Waals surface area (Å²) in [6, 6.07) is 12.9. The van der Waals surface area contributed by atoms with Gasteiger partial charge in [0, 0.05) is 23.7 Å². The lowest BCUT2D eigenvalue weighted by Crippen LogP contribution is -2.28. The molecule has 24 heavy (non-hydrogen) atoms. The van der Waals surface area contributed by atoms with E-state index in [1.54, 1.807) is 6.07 Å². The quantitative estimate of drug-likeness (QED) is 0.691. The van der Waals surface area contributed by atoms with Crippen molar-refractivity contribution in [3.05, 3.63) is 75.8 Å². The average molecular weight is 325 g/mol. The number of benzene rings is 2. The van der Waals surface area contributed by atoms with Gasteiger partial charge in [-0.15, -0.1) is 0 Å². The number of amides is 2. The second-order valence-corrected chi connectivity index (χ2v) is 5.54. The molecule has 0 fully saturated rings. The molecule has 0 aliphatic carbocycles. The summed E-state index contributed by atoms with van der Waals surface area (Å²) >= 11 is 0. The maximum Gasteiger partial charge on any atom is 0.319 e. The fourth-order valence-corrected chi connectivity index (χ4v) is 2.36. The van der Waals surface area contributed by atoms with Crippen LogP contribution in [0.1, 0.15) is 11.1 Å². The number of carbonyl (C=O) groups excluding carboxylic acids is 1. The van der Waals surface area contributed by atoms with E-state index in [4.69, 9.17) is 0 Å². The molecule has 0 aliphatic heterocycles. The molecule has 0 spiro atoms. The number of pyridine rings is 1. The summed E-state index contributed by atoms with van der Waals surface area (Å²) in [7, 11) is 0. The number of halogens is 1. The topological polar surface area (TPSA) is 74.0 Å². The van der Waals surface area contributed by atoms with Crippen molar-refractivity contribution in [2.75, 3.05) is 5.32 Å². The van der Waals surface area contributed by atoms with Crippen molar-refractivity contribution in [1.82, 2.24) is 10.3 Å². The maximum atomic E-state index is 14.0. The molecule has 6 heteroatoms. The van der Waals surface area contributed by atoms with Crippen molar-refractivity contribution < 1.29 is 9.18 Å². The highest BCUT2D eigenvalue weighted by Gasteiger charge is 2.07. The number of hydrogen-bond donors (Lipinski definition) is 3. The molecular formula is C18H16FN3O2. The SMILES string of the molecule is Cc1ccc(CNC(=O)Nc2cc(F)c3[nH]c(=O)ccc3c2)cc1. The Bertz CT molecular complexity index is 949. The highest BCUT2D eigenvalue weighted by Crippen LogP contribution is 2.20. The van der Waals surface area contributed by atoms with Crippen LogP contribution in [0, 0.1) is 12.7 Å². The number of urea groups is 1. The molecule has 1 aromatic heterocycles. The van der Waals surface area contributed by atoms with Gasteiger partial charge in [-0.25, -0.2) is 9.18 Å². The van der Waals surface area contributed by atoms with E-state index in [0.29, 0.717) is 17.6 Å². The third-order valence-corrected chi connectivity index (χ3v) is 3.61. The summed E-state index contributed by atoms with van der Waals surface area (Å²) < 4.78 is 14.0. The molecule has 0 radical (unpaired) electrons. The Hall–Kier alpha value is -3.15. The molecule has 0 saturated carbocycles. The number of aryl methyl sites for hydroxylation is 1. The van der Waals surface area contributed by atoms with Crippen LogP contribution in [0.15, 0.2) is 53.3 Å². The van der Waals surface area contributed by atoms with E-state index in [9.17, 15) is 14.0 Å². The number of aromatic amines is 1. The van der Waals surface area contributed by atoms with Gasteiger partial charge in [0.05, 0.1) is 5.52 Å². The first-order valence-corrected chi connectivity index (χ1v) is 7.44. The molecule has 1 heterocycles. The molecule has 0 bridgehead atoms. The van der Waals surface area contributed by atoms with Crippen LogP contribution in [0.25, 0.3) is 10.9 Å². The van der Waals surface area contributed by atoms with Crippen molar-refractivity contribution in [2.24, 2.45) is 0 Å². The summed E-state index contributed by atoms with van der Waals surface area (Å²) in [5, 5.41) is 5.81. The Kier molecular flexibility index (Phi) is 4.29. The normalized spacial score (nSPS) is 10.6. The fourth-order valence-electron chi connectivity index (χ4n) is 2.36. The number of anilines is 1. The molecule has 3 N–H and O–H groups in total. The van der Waals surface area contributed by atoms with E-state index >= 15 is 0 Å². The van der Waals surface area contributed by atoms with Gasteiger partial charge in [-0.05, 0) is 30.7 Å². The van der Waals surface area contributed by atoms with Gasteiger partial charge in [0.15, 0.2) is 0 Å². The van der Waals surface area contributed by atoms with Gasteiger partial charge in [-0.1, -0.05) is 29.8 Å². The standard InChI is InChI=1S/C18H16FN3O2/c1-11-2-4-12(5-3-11)10-20-18(24)21-14-8-13-6-7-16(23)22-17(13)15(19)9-14/h2-9H,10H2,1H3,(H,22,23)(H2,20,21,24). The molecule has 0 atom stereocenters. The Labute approximate surface area is 137 Å². The first-order chi connectivity index (χ1) is 11.5. The zero-order valence-electron chi connectivity index (χ0n) is 13.0. The van der Waals surface area contributed by atoms with Crippen LogP contribution in [-0.4, -0.2) is 11.0 Å². The largest absolute Gasteiger partial charge is 0.334 e. The van der Waals surface area contributed by atoms with Gasteiger partial charge in [-0.2, -0.15) is 0 Å². The van der Waals surface area contributed by atoms with E-state index in [1.807, 2.05) is 31.2 Å². The summed E-state index contributed by atoms with van der Waals surface area (Å²) in [5.74, 6) is -0.598. The molecule has 0 unspecified atom stereocenters. The highest BCUT2D eigenvalue weighted by atomic mass is 19.1. The average Bonchev–Trinajstić information content (AvgIpc) is 2.55. The molecule has 0 saturated heterocycles. The molecule has 2 amide bonds. The van der Waals surface area contributed by atoms with Crippen molar-refractivity contribution in [3.8, 4) is 0 Å². The van der Waals surface area contributed by atoms with Crippen molar-refractivity contribution in [3.63, 3.8) is 0 Å². The number of nitrogens with one attached hydrogen (secondary N) is 3. The van der Waals surface area contributed by atoms with E-state index < -0.39 is 11.8 Å². The van der Waals surface area contributed by atoms with Gasteiger partial charge in [0.1, 0.15) is 5.82 Å². The fraction of sp³-hybridized carbons (Fsp3) is 0.111. The van der Waals surface area contributed by atoms with Gasteiger partial charge >= 0.3 is 6.03 Å². The van der Waals surface area contributed by atoms with E-state index in [0.717, 1.165) is 11.1 Å². The van der Waals surface area contributed by atoms with Gasteiger partial charge in [0.25, 0.3) is 0 Å². The number of fused-ring (bicyclic) bond motifs is 1. The van der Waals surface area contributed by atoms with E-state index in [1.165, 1.54) is 18.2 Å². The van der Waals surface area contributed by atoms with Crippen molar-refractivity contribution in [1.29, 1.82) is 0 Å². The molecule has 122 valence electrons. The monoisotopic (exact) mass is 325 g/mol. The van der Waals surface area contributed by atoms with Gasteiger partial charge in [0.2, 0.25) is 5.56 Å². The predicted octanol–water partition coefficient (Wildman–Crippen LogP) is 3.30. The summed E-state index contributed by atoms with van der Waals surface area (Å²) in [5.41, 5.74) is 2.17. The Balaban J connectivity index is 1.70. The smallest absolute Gasteiger partial charge is 0.319 e. The second-order valence-electron chi connectivity index (χ2n) is 5.54. The lowest BCUT2D eigenvalue weighted by atomic mass is 10.1. The third kappa shape index (κ3) is 3.60. The number of carbonyl (C=O) groups is 1. The minimum absolute atomic E-state index is 0.119. The molecular weight excluding hydrogens is 309 g/mol. The lowest BCUT2D eigenvalue weighted by Gasteiger charge is -2.09. The number of rotatable bonds is 3. The first-order valence-electron chi connectivity index (χ1n) is 7.44. The number of H-pyrrole nitrogens is 1. The molecule has 5 nitrogen and oxygen atoms in total.